The highest BCUT2D eigenvalue weighted by molar-refractivity contribution is 5.85. The van der Waals surface area contributed by atoms with Gasteiger partial charge >= 0.3 is 5.97 Å². The summed E-state index contributed by atoms with van der Waals surface area (Å²) >= 11 is 0. The Morgan fingerprint density at radius 3 is 2.29 bits per heavy atom. The predicted molar refractivity (Wildman–Crippen MR) is 66.8 cm³/mol. The van der Waals surface area contributed by atoms with Crippen LogP contribution in [0, 0.1) is 0 Å². The van der Waals surface area contributed by atoms with E-state index in [2.05, 4.69) is 5.32 Å². The van der Waals surface area contributed by atoms with Gasteiger partial charge in [0.15, 0.2) is 0 Å². The molecule has 94 valence electrons. The van der Waals surface area contributed by atoms with E-state index in [4.69, 9.17) is 10.8 Å². The van der Waals surface area contributed by atoms with Crippen molar-refractivity contribution in [2.24, 2.45) is 0 Å². The molecule has 0 aliphatic heterocycles. The zero-order valence-electron chi connectivity index (χ0n) is 9.18. The second-order valence-corrected chi connectivity index (χ2v) is 3.41. The van der Waals surface area contributed by atoms with E-state index in [1.807, 2.05) is 12.1 Å². The van der Waals surface area contributed by atoms with Gasteiger partial charge in [0.2, 0.25) is 5.91 Å². The van der Waals surface area contributed by atoms with E-state index < -0.39 is 5.97 Å². The molecule has 1 amide bonds. The van der Waals surface area contributed by atoms with Gasteiger partial charge in [-0.25, -0.2) is 0 Å². The molecule has 0 fully saturated rings. The third-order valence-corrected chi connectivity index (χ3v) is 2.04. The van der Waals surface area contributed by atoms with Crippen LogP contribution in [-0.2, 0) is 16.1 Å². The third-order valence-electron chi connectivity index (χ3n) is 2.04. The molecule has 17 heavy (non-hydrogen) atoms. The van der Waals surface area contributed by atoms with Crippen LogP contribution in [0.15, 0.2) is 24.3 Å². The number of nitrogens with one attached hydrogen (secondary N) is 1. The number of nitrogen functional groups attached to an aromatic ring is 1. The first-order valence-electron chi connectivity index (χ1n) is 4.91. The summed E-state index contributed by atoms with van der Waals surface area (Å²) in [5.74, 6) is -1.23. The molecule has 0 bridgehead atoms. The molecule has 5 nitrogen and oxygen atoms in total. The molecule has 1 aromatic carbocycles. The average molecular weight is 259 g/mol. The summed E-state index contributed by atoms with van der Waals surface area (Å²) in [5.41, 5.74) is 7.11. The fraction of sp³-hybridized carbons (Fsp3) is 0.273. The van der Waals surface area contributed by atoms with Gasteiger partial charge in [-0.05, 0) is 17.7 Å². The number of carbonyl (C=O) groups is 2. The number of carboxylic acid groups (broad SMARTS) is 1. The van der Waals surface area contributed by atoms with Crippen LogP contribution in [0.3, 0.4) is 0 Å². The monoisotopic (exact) mass is 258 g/mol. The quantitative estimate of drug-likeness (QED) is 0.692. The molecule has 4 N–H and O–H groups in total. The SMILES string of the molecule is Cl.Nc1ccc(CNC(=O)CCC(=O)O)cc1. The summed E-state index contributed by atoms with van der Waals surface area (Å²) in [6.45, 7) is 0.388. The minimum absolute atomic E-state index is 0. The van der Waals surface area contributed by atoms with Crippen molar-refractivity contribution in [2.45, 2.75) is 19.4 Å². The number of hydrogen-bond donors (Lipinski definition) is 3. The first kappa shape index (κ1) is 15.2. The van der Waals surface area contributed by atoms with E-state index in [0.717, 1.165) is 5.56 Å². The van der Waals surface area contributed by atoms with Crippen LogP contribution in [0.2, 0.25) is 0 Å². The van der Waals surface area contributed by atoms with Gasteiger partial charge in [-0.1, -0.05) is 12.1 Å². The Morgan fingerprint density at radius 1 is 1.18 bits per heavy atom. The Morgan fingerprint density at radius 2 is 1.76 bits per heavy atom. The molecule has 0 unspecified atom stereocenters. The molecule has 6 heteroatoms. The Balaban J connectivity index is 0.00000256. The summed E-state index contributed by atoms with van der Waals surface area (Å²) < 4.78 is 0. The van der Waals surface area contributed by atoms with Crippen molar-refractivity contribution in [3.8, 4) is 0 Å². The Labute approximate surface area is 105 Å². The van der Waals surface area contributed by atoms with Gasteiger partial charge in [-0.15, -0.1) is 12.4 Å². The number of carboxylic acids is 1. The molecule has 1 aromatic rings. The number of carbonyl (C=O) groups excluding carboxylic acids is 1. The second kappa shape index (κ2) is 7.51. The summed E-state index contributed by atoms with van der Waals surface area (Å²) in [6, 6.07) is 7.12. The van der Waals surface area contributed by atoms with E-state index in [9.17, 15) is 9.59 Å². The normalized spacial score (nSPS) is 9.18. The molecule has 0 aromatic heterocycles. The van der Waals surface area contributed by atoms with E-state index in [0.29, 0.717) is 12.2 Å². The highest BCUT2D eigenvalue weighted by atomic mass is 35.5. The van der Waals surface area contributed by atoms with Crippen LogP contribution in [0.5, 0.6) is 0 Å². The molecule has 0 spiro atoms. The van der Waals surface area contributed by atoms with Crippen LogP contribution < -0.4 is 11.1 Å². The van der Waals surface area contributed by atoms with E-state index >= 15 is 0 Å². The second-order valence-electron chi connectivity index (χ2n) is 3.41. The molecule has 1 rings (SSSR count). The molecule has 0 radical (unpaired) electrons. The number of benzene rings is 1. The highest BCUT2D eigenvalue weighted by Gasteiger charge is 2.04. The number of rotatable bonds is 5. The maximum Gasteiger partial charge on any atom is 0.303 e. The van der Waals surface area contributed by atoms with Crippen LogP contribution in [0.4, 0.5) is 5.69 Å². The third kappa shape index (κ3) is 6.42. The fourth-order valence-corrected chi connectivity index (χ4v) is 1.14. The number of hydrogen-bond acceptors (Lipinski definition) is 3. The van der Waals surface area contributed by atoms with Gasteiger partial charge in [0.1, 0.15) is 0 Å². The molecule has 0 saturated heterocycles. The van der Waals surface area contributed by atoms with E-state index in [1.54, 1.807) is 12.1 Å². The van der Waals surface area contributed by atoms with Crippen LogP contribution in [0.1, 0.15) is 18.4 Å². The molecule has 0 aliphatic carbocycles. The zero-order chi connectivity index (χ0) is 12.0. The van der Waals surface area contributed by atoms with E-state index in [-0.39, 0.29) is 31.2 Å². The lowest BCUT2D eigenvalue weighted by atomic mass is 10.2. The molecular weight excluding hydrogens is 244 g/mol. The molecule has 0 aliphatic rings. The zero-order valence-corrected chi connectivity index (χ0v) is 10.00. The van der Waals surface area contributed by atoms with Gasteiger partial charge in [0.25, 0.3) is 0 Å². The smallest absolute Gasteiger partial charge is 0.303 e. The maximum absolute atomic E-state index is 11.2. The summed E-state index contributed by atoms with van der Waals surface area (Å²) in [6.07, 6.45) is -0.141. The van der Waals surface area contributed by atoms with Gasteiger partial charge in [-0.2, -0.15) is 0 Å². The number of halogens is 1. The van der Waals surface area contributed by atoms with Crippen molar-refractivity contribution in [1.29, 1.82) is 0 Å². The van der Waals surface area contributed by atoms with Crippen molar-refractivity contribution in [2.75, 3.05) is 5.73 Å². The maximum atomic E-state index is 11.2. The van der Waals surface area contributed by atoms with Gasteiger partial charge in [0.05, 0.1) is 6.42 Å². The molecule has 0 atom stereocenters. The minimum atomic E-state index is -0.970. The summed E-state index contributed by atoms with van der Waals surface area (Å²) in [5, 5.41) is 11.0. The fourth-order valence-electron chi connectivity index (χ4n) is 1.14. The van der Waals surface area contributed by atoms with Crippen molar-refractivity contribution < 1.29 is 14.7 Å². The first-order valence-corrected chi connectivity index (χ1v) is 4.91. The lowest BCUT2D eigenvalue weighted by Gasteiger charge is -2.04. The lowest BCUT2D eigenvalue weighted by Crippen LogP contribution is -2.23. The molecule has 0 saturated carbocycles. The average Bonchev–Trinajstić information content (AvgIpc) is 2.25. The Kier molecular flexibility index (Phi) is 6.74. The Bertz CT molecular complexity index is 379. The number of amides is 1. The van der Waals surface area contributed by atoms with Crippen molar-refractivity contribution in [1.82, 2.24) is 5.32 Å². The largest absolute Gasteiger partial charge is 0.481 e. The summed E-state index contributed by atoms with van der Waals surface area (Å²) in [7, 11) is 0. The lowest BCUT2D eigenvalue weighted by molar-refractivity contribution is -0.138. The van der Waals surface area contributed by atoms with Gasteiger partial charge in [-0.3, -0.25) is 9.59 Å². The van der Waals surface area contributed by atoms with Crippen LogP contribution >= 0.6 is 12.4 Å². The highest BCUT2D eigenvalue weighted by Crippen LogP contribution is 2.04. The number of anilines is 1. The van der Waals surface area contributed by atoms with Crippen molar-refractivity contribution in [3.63, 3.8) is 0 Å². The van der Waals surface area contributed by atoms with Gasteiger partial charge in [0, 0.05) is 18.7 Å². The predicted octanol–water partition coefficient (Wildman–Crippen LogP) is 1.17. The van der Waals surface area contributed by atoms with E-state index in [1.165, 1.54) is 0 Å². The van der Waals surface area contributed by atoms with Crippen molar-refractivity contribution >= 4 is 30.0 Å². The topological polar surface area (TPSA) is 92.4 Å². The summed E-state index contributed by atoms with van der Waals surface area (Å²) in [4.78, 5) is 21.4. The van der Waals surface area contributed by atoms with Crippen LogP contribution in [-0.4, -0.2) is 17.0 Å². The van der Waals surface area contributed by atoms with Gasteiger partial charge < -0.3 is 16.2 Å². The molecule has 0 heterocycles. The van der Waals surface area contributed by atoms with Crippen LogP contribution in [0.25, 0.3) is 0 Å². The first-order chi connectivity index (χ1) is 7.58. The standard InChI is InChI=1S/C11H14N2O3.ClH/c12-9-3-1-8(2-4-9)7-13-10(14)5-6-11(15)16;/h1-4H,5-7,12H2,(H,13,14)(H,15,16);1H. The number of aliphatic carboxylic acids is 1. The number of nitrogens with two attached hydrogens (primary N) is 1. The minimum Gasteiger partial charge on any atom is -0.481 e. The van der Waals surface area contributed by atoms with Crippen molar-refractivity contribution in [3.05, 3.63) is 29.8 Å². The Hall–Kier alpha value is -1.75. The molecular formula is C11H15ClN2O3.